The van der Waals surface area contributed by atoms with Gasteiger partial charge in [-0.1, -0.05) is 24.9 Å². The van der Waals surface area contributed by atoms with Crippen molar-refractivity contribution >= 4 is 29.2 Å². The predicted molar refractivity (Wildman–Crippen MR) is 72.5 cm³/mol. The van der Waals surface area contributed by atoms with Crippen molar-refractivity contribution in [2.75, 3.05) is 18.0 Å². The number of aromatic hydroxyl groups is 1. The number of carbonyl (C=O) groups excluding carboxylic acids is 2. The zero-order chi connectivity index (χ0) is 14.0. The van der Waals surface area contributed by atoms with Crippen LogP contribution in [0.3, 0.4) is 0 Å². The van der Waals surface area contributed by atoms with Crippen molar-refractivity contribution in [2.24, 2.45) is 0 Å². The number of halogens is 1. The number of hydrogen-bond acceptors (Lipinski definition) is 3. The van der Waals surface area contributed by atoms with Crippen molar-refractivity contribution in [3.05, 3.63) is 23.2 Å². The summed E-state index contributed by atoms with van der Waals surface area (Å²) < 4.78 is 0. The minimum Gasteiger partial charge on any atom is -0.506 e. The van der Waals surface area contributed by atoms with Gasteiger partial charge in [-0.15, -0.1) is 0 Å². The summed E-state index contributed by atoms with van der Waals surface area (Å²) in [7, 11) is 0. The maximum absolute atomic E-state index is 12.1. The van der Waals surface area contributed by atoms with E-state index in [2.05, 4.69) is 0 Å². The maximum atomic E-state index is 12.1. The van der Waals surface area contributed by atoms with Gasteiger partial charge >= 0.3 is 6.03 Å². The second-order valence-electron chi connectivity index (χ2n) is 4.40. The van der Waals surface area contributed by atoms with Crippen LogP contribution in [0.5, 0.6) is 5.75 Å². The van der Waals surface area contributed by atoms with Gasteiger partial charge in [0.15, 0.2) is 0 Å². The van der Waals surface area contributed by atoms with Crippen LogP contribution >= 0.6 is 11.6 Å². The largest absolute Gasteiger partial charge is 0.506 e. The van der Waals surface area contributed by atoms with Gasteiger partial charge in [0.2, 0.25) is 0 Å². The lowest BCUT2D eigenvalue weighted by Crippen LogP contribution is -2.33. The van der Waals surface area contributed by atoms with Crippen LogP contribution in [-0.2, 0) is 4.79 Å². The van der Waals surface area contributed by atoms with Gasteiger partial charge in [-0.2, -0.15) is 0 Å². The Morgan fingerprint density at radius 3 is 2.74 bits per heavy atom. The average Bonchev–Trinajstić information content (AvgIpc) is 2.63. The Balaban J connectivity index is 2.22. The molecule has 5 nitrogen and oxygen atoms in total. The van der Waals surface area contributed by atoms with Crippen molar-refractivity contribution in [3.63, 3.8) is 0 Å². The van der Waals surface area contributed by atoms with Gasteiger partial charge < -0.3 is 5.11 Å². The molecule has 0 spiro atoms. The molecule has 0 saturated carbocycles. The molecule has 6 heteroatoms. The van der Waals surface area contributed by atoms with Gasteiger partial charge in [0.05, 0.1) is 5.69 Å². The summed E-state index contributed by atoms with van der Waals surface area (Å²) in [6.45, 7) is 2.37. The van der Waals surface area contributed by atoms with Gasteiger partial charge in [0, 0.05) is 17.6 Å². The number of benzene rings is 1. The Kier molecular flexibility index (Phi) is 3.95. The molecule has 0 aliphatic carbocycles. The quantitative estimate of drug-likeness (QED) is 0.864. The number of phenolic OH excluding ortho intramolecular Hbond substituents is 1. The van der Waals surface area contributed by atoms with E-state index in [0.29, 0.717) is 17.3 Å². The summed E-state index contributed by atoms with van der Waals surface area (Å²) in [5.74, 6) is -0.348. The van der Waals surface area contributed by atoms with E-state index in [1.54, 1.807) is 6.07 Å². The fraction of sp³-hybridized carbons (Fsp3) is 0.385. The van der Waals surface area contributed by atoms with Crippen LogP contribution in [0.2, 0.25) is 5.02 Å². The zero-order valence-electron chi connectivity index (χ0n) is 10.6. The Hall–Kier alpha value is -1.75. The molecule has 102 valence electrons. The molecule has 1 aromatic carbocycles. The normalized spacial score (nSPS) is 15.5. The molecule has 0 radical (unpaired) electrons. The van der Waals surface area contributed by atoms with Crippen LogP contribution < -0.4 is 4.90 Å². The standard InChI is InChI=1S/C13H15ClN2O3/c1-2-3-6-15-12(18)8-16(13(15)19)10-5-4-9(14)7-11(10)17/h4-5,7,17H,2-3,6,8H2,1H3. The minimum absolute atomic E-state index is 0.0439. The molecule has 2 rings (SSSR count). The highest BCUT2D eigenvalue weighted by Gasteiger charge is 2.37. The molecular formula is C13H15ClN2O3. The molecule has 0 atom stereocenters. The first-order valence-corrected chi connectivity index (χ1v) is 6.52. The number of rotatable bonds is 4. The van der Waals surface area contributed by atoms with Gasteiger partial charge in [-0.3, -0.25) is 14.6 Å². The number of phenols is 1. The summed E-state index contributed by atoms with van der Waals surface area (Å²) in [4.78, 5) is 26.4. The number of imide groups is 1. The van der Waals surface area contributed by atoms with E-state index in [4.69, 9.17) is 11.6 Å². The molecule has 1 aliphatic rings. The molecule has 1 fully saturated rings. The Labute approximate surface area is 116 Å². The smallest absolute Gasteiger partial charge is 0.331 e. The number of unbranched alkanes of at least 4 members (excludes halogenated alkanes) is 1. The first-order valence-electron chi connectivity index (χ1n) is 6.15. The highest BCUT2D eigenvalue weighted by Crippen LogP contribution is 2.32. The highest BCUT2D eigenvalue weighted by molar-refractivity contribution is 6.30. The van der Waals surface area contributed by atoms with E-state index >= 15 is 0 Å². The summed E-state index contributed by atoms with van der Waals surface area (Å²) in [6, 6.07) is 4.06. The van der Waals surface area contributed by atoms with Crippen LogP contribution in [0.15, 0.2) is 18.2 Å². The number of nitrogens with zero attached hydrogens (tertiary/aromatic N) is 2. The number of amides is 3. The molecular weight excluding hydrogens is 268 g/mol. The third-order valence-corrected chi connectivity index (χ3v) is 3.25. The summed E-state index contributed by atoms with van der Waals surface area (Å²) in [5, 5.41) is 10.2. The fourth-order valence-corrected chi connectivity index (χ4v) is 2.16. The van der Waals surface area contributed by atoms with Gasteiger partial charge in [0.25, 0.3) is 5.91 Å². The summed E-state index contributed by atoms with van der Waals surface area (Å²) in [5.41, 5.74) is 0.307. The van der Waals surface area contributed by atoms with Gasteiger partial charge in [0.1, 0.15) is 12.3 Å². The molecule has 1 N–H and O–H groups in total. The van der Waals surface area contributed by atoms with Gasteiger partial charge in [-0.05, 0) is 18.6 Å². The topological polar surface area (TPSA) is 60.9 Å². The van der Waals surface area contributed by atoms with Crippen LogP contribution in [0, 0.1) is 0 Å². The number of urea groups is 1. The molecule has 1 heterocycles. The fourth-order valence-electron chi connectivity index (χ4n) is 1.99. The second-order valence-corrected chi connectivity index (χ2v) is 4.84. The molecule has 3 amide bonds. The molecule has 0 aromatic heterocycles. The Bertz CT molecular complexity index is 519. The lowest BCUT2D eigenvalue weighted by atomic mass is 10.2. The van der Waals surface area contributed by atoms with Crippen molar-refractivity contribution in [2.45, 2.75) is 19.8 Å². The minimum atomic E-state index is -0.393. The highest BCUT2D eigenvalue weighted by atomic mass is 35.5. The van der Waals surface area contributed by atoms with Crippen LogP contribution in [0.1, 0.15) is 19.8 Å². The molecule has 1 aliphatic heterocycles. The van der Waals surface area contributed by atoms with E-state index in [-0.39, 0.29) is 18.2 Å². The molecule has 19 heavy (non-hydrogen) atoms. The van der Waals surface area contributed by atoms with Crippen molar-refractivity contribution in [3.8, 4) is 5.75 Å². The number of anilines is 1. The maximum Gasteiger partial charge on any atom is 0.331 e. The van der Waals surface area contributed by atoms with Gasteiger partial charge in [-0.25, -0.2) is 4.79 Å². The van der Waals surface area contributed by atoms with Crippen LogP contribution in [0.4, 0.5) is 10.5 Å². The Morgan fingerprint density at radius 2 is 2.11 bits per heavy atom. The zero-order valence-corrected chi connectivity index (χ0v) is 11.4. The second kappa shape index (κ2) is 5.48. The van der Waals surface area contributed by atoms with E-state index in [1.165, 1.54) is 21.9 Å². The van der Waals surface area contributed by atoms with Crippen molar-refractivity contribution < 1.29 is 14.7 Å². The lowest BCUT2D eigenvalue weighted by molar-refractivity contribution is -0.124. The lowest BCUT2D eigenvalue weighted by Gasteiger charge is -2.17. The average molecular weight is 283 g/mol. The SMILES string of the molecule is CCCCN1C(=O)CN(c2ccc(Cl)cc2O)C1=O. The molecule has 1 aromatic rings. The third-order valence-electron chi connectivity index (χ3n) is 3.02. The van der Waals surface area contributed by atoms with E-state index in [1.807, 2.05) is 6.92 Å². The van der Waals surface area contributed by atoms with Crippen LogP contribution in [0.25, 0.3) is 0 Å². The first kappa shape index (κ1) is 13.7. The Morgan fingerprint density at radius 1 is 1.37 bits per heavy atom. The number of carbonyl (C=O) groups is 2. The molecule has 1 saturated heterocycles. The summed E-state index contributed by atoms with van der Waals surface area (Å²) >= 11 is 5.75. The molecule has 0 unspecified atom stereocenters. The van der Waals surface area contributed by atoms with E-state index in [0.717, 1.165) is 12.8 Å². The third kappa shape index (κ3) is 2.66. The monoisotopic (exact) mass is 282 g/mol. The predicted octanol–water partition coefficient (Wildman–Crippen LogP) is 2.61. The van der Waals surface area contributed by atoms with Crippen LogP contribution in [-0.4, -0.2) is 35.0 Å². The number of hydrogen-bond donors (Lipinski definition) is 1. The van der Waals surface area contributed by atoms with E-state index < -0.39 is 6.03 Å². The summed E-state index contributed by atoms with van der Waals surface area (Å²) in [6.07, 6.45) is 1.68. The molecule has 0 bridgehead atoms. The van der Waals surface area contributed by atoms with E-state index in [9.17, 15) is 14.7 Å². The van der Waals surface area contributed by atoms with Crippen molar-refractivity contribution in [1.82, 2.24) is 4.90 Å². The first-order chi connectivity index (χ1) is 9.04. The van der Waals surface area contributed by atoms with Crippen molar-refractivity contribution in [1.29, 1.82) is 0 Å².